The van der Waals surface area contributed by atoms with Crippen molar-refractivity contribution in [2.24, 2.45) is 0 Å². The van der Waals surface area contributed by atoms with Crippen LogP contribution in [0.1, 0.15) is 12.5 Å². The number of rotatable bonds is 5. The first-order valence-corrected chi connectivity index (χ1v) is 8.01. The molecule has 22 heavy (non-hydrogen) atoms. The third-order valence-electron chi connectivity index (χ3n) is 2.92. The fraction of sp³-hybridized carbons (Fsp3) is 0.133. The van der Waals surface area contributed by atoms with Crippen molar-refractivity contribution >= 4 is 21.6 Å². The molecule has 0 radical (unpaired) electrons. The van der Waals surface area contributed by atoms with E-state index >= 15 is 0 Å². The van der Waals surface area contributed by atoms with Gasteiger partial charge in [-0.25, -0.2) is 13.1 Å². The van der Waals surface area contributed by atoms with E-state index in [1.54, 1.807) is 30.3 Å². The first-order chi connectivity index (χ1) is 10.4. The Morgan fingerprint density at radius 2 is 1.73 bits per heavy atom. The topological polar surface area (TPSA) is 95.5 Å². The largest absolute Gasteiger partial charge is 0.508 e. The Hall–Kier alpha value is -2.54. The summed E-state index contributed by atoms with van der Waals surface area (Å²) in [5.41, 5.74) is 1.43. The van der Waals surface area contributed by atoms with E-state index in [-0.39, 0.29) is 10.6 Å². The quantitative estimate of drug-likeness (QED) is 0.781. The zero-order chi connectivity index (χ0) is 16.2. The normalized spacial score (nSPS) is 11.0. The maximum absolute atomic E-state index is 11.8. The van der Waals surface area contributed by atoms with Gasteiger partial charge in [-0.3, -0.25) is 4.79 Å². The second kappa shape index (κ2) is 6.48. The van der Waals surface area contributed by atoms with E-state index in [2.05, 4.69) is 5.32 Å². The van der Waals surface area contributed by atoms with Gasteiger partial charge in [-0.15, -0.1) is 0 Å². The number of hydrogen-bond donors (Lipinski definition) is 3. The second-order valence-electron chi connectivity index (χ2n) is 4.67. The molecule has 0 atom stereocenters. The number of carbonyl (C=O) groups is 1. The lowest BCUT2D eigenvalue weighted by Gasteiger charge is -2.09. The first-order valence-electron chi connectivity index (χ1n) is 6.53. The Labute approximate surface area is 128 Å². The molecule has 0 aromatic heterocycles. The van der Waals surface area contributed by atoms with Crippen molar-refractivity contribution < 1.29 is 18.3 Å². The summed E-state index contributed by atoms with van der Waals surface area (Å²) in [6.45, 7) is 1.55. The second-order valence-corrected chi connectivity index (χ2v) is 6.35. The van der Waals surface area contributed by atoms with Crippen LogP contribution in [0.25, 0.3) is 0 Å². The minimum Gasteiger partial charge on any atom is -0.508 e. The molecule has 0 saturated heterocycles. The van der Waals surface area contributed by atoms with Crippen LogP contribution in [0.4, 0.5) is 5.69 Å². The van der Waals surface area contributed by atoms with E-state index in [0.29, 0.717) is 12.2 Å². The summed E-state index contributed by atoms with van der Waals surface area (Å²) in [5, 5.41) is 12.7. The molecule has 0 saturated carbocycles. The first kappa shape index (κ1) is 15.8. The average molecular weight is 320 g/mol. The number of benzene rings is 2. The van der Waals surface area contributed by atoms with Gasteiger partial charge in [0.25, 0.3) is 10.0 Å². The lowest BCUT2D eigenvalue weighted by atomic mass is 10.2. The molecule has 3 N–H and O–H groups in total. The van der Waals surface area contributed by atoms with Crippen LogP contribution in [0.2, 0.25) is 0 Å². The van der Waals surface area contributed by atoms with Crippen LogP contribution in [0.5, 0.6) is 5.75 Å². The molecule has 0 spiro atoms. The van der Waals surface area contributed by atoms with Gasteiger partial charge in [0.2, 0.25) is 5.91 Å². The van der Waals surface area contributed by atoms with Gasteiger partial charge in [-0.2, -0.15) is 0 Å². The lowest BCUT2D eigenvalue weighted by molar-refractivity contribution is -0.117. The highest BCUT2D eigenvalue weighted by Crippen LogP contribution is 2.19. The van der Waals surface area contributed by atoms with E-state index in [1.807, 2.05) is 10.8 Å². The summed E-state index contributed by atoms with van der Waals surface area (Å²) in [6, 6.07) is 12.9. The monoisotopic (exact) mass is 320 g/mol. The van der Waals surface area contributed by atoms with Gasteiger partial charge in [0, 0.05) is 24.7 Å². The van der Waals surface area contributed by atoms with E-state index in [9.17, 15) is 18.3 Å². The third kappa shape index (κ3) is 3.98. The number of hydrogen-bond acceptors (Lipinski definition) is 5. The molecule has 2 aromatic carbocycles. The van der Waals surface area contributed by atoms with Crippen LogP contribution in [0, 0.1) is 0 Å². The SMILES string of the molecule is CC(=O)NS(=O)(=O)c1ccc(NCc2ccccc2O)cc1. The molecule has 2 aromatic rings. The van der Waals surface area contributed by atoms with E-state index in [0.717, 1.165) is 12.5 Å². The highest BCUT2D eigenvalue weighted by atomic mass is 32.2. The van der Waals surface area contributed by atoms with Crippen molar-refractivity contribution in [3.05, 3.63) is 54.1 Å². The highest BCUT2D eigenvalue weighted by molar-refractivity contribution is 7.90. The molecule has 0 aliphatic heterocycles. The number of phenols is 1. The van der Waals surface area contributed by atoms with Crippen LogP contribution in [-0.4, -0.2) is 19.4 Å². The predicted octanol–water partition coefficient (Wildman–Crippen LogP) is 1.83. The Morgan fingerprint density at radius 3 is 2.32 bits per heavy atom. The maximum atomic E-state index is 11.8. The molecule has 0 unspecified atom stereocenters. The Bertz CT molecular complexity index is 770. The number of para-hydroxylation sites is 1. The number of aromatic hydroxyl groups is 1. The summed E-state index contributed by atoms with van der Waals surface area (Å²) >= 11 is 0. The Morgan fingerprint density at radius 1 is 1.09 bits per heavy atom. The maximum Gasteiger partial charge on any atom is 0.264 e. The molecule has 1 amide bonds. The van der Waals surface area contributed by atoms with Gasteiger partial charge in [0.15, 0.2) is 0 Å². The summed E-state index contributed by atoms with van der Waals surface area (Å²) in [4.78, 5) is 10.9. The summed E-state index contributed by atoms with van der Waals surface area (Å²) in [5.74, 6) is -0.443. The summed E-state index contributed by atoms with van der Waals surface area (Å²) in [7, 11) is -3.82. The number of phenolic OH excluding ortho intramolecular Hbond substituents is 1. The van der Waals surface area contributed by atoms with Crippen molar-refractivity contribution in [1.29, 1.82) is 0 Å². The van der Waals surface area contributed by atoms with E-state index in [4.69, 9.17) is 0 Å². The van der Waals surface area contributed by atoms with Gasteiger partial charge < -0.3 is 10.4 Å². The fourth-order valence-corrected chi connectivity index (χ4v) is 2.85. The van der Waals surface area contributed by atoms with Gasteiger partial charge in [0.1, 0.15) is 5.75 Å². The Balaban J connectivity index is 2.07. The third-order valence-corrected chi connectivity index (χ3v) is 4.37. The van der Waals surface area contributed by atoms with Gasteiger partial charge in [-0.05, 0) is 30.3 Å². The average Bonchev–Trinajstić information content (AvgIpc) is 2.45. The number of carbonyl (C=O) groups excluding carboxylic acids is 1. The van der Waals surface area contributed by atoms with E-state index in [1.165, 1.54) is 12.1 Å². The fourth-order valence-electron chi connectivity index (χ4n) is 1.86. The smallest absolute Gasteiger partial charge is 0.264 e. The van der Waals surface area contributed by atoms with Crippen molar-refractivity contribution in [3.63, 3.8) is 0 Å². The molecule has 6 nitrogen and oxygen atoms in total. The molecule has 0 heterocycles. The molecule has 0 fully saturated rings. The van der Waals surface area contributed by atoms with Crippen LogP contribution < -0.4 is 10.0 Å². The van der Waals surface area contributed by atoms with Crippen molar-refractivity contribution in [3.8, 4) is 5.75 Å². The van der Waals surface area contributed by atoms with Crippen LogP contribution >= 0.6 is 0 Å². The minimum absolute atomic E-state index is 0.0100. The van der Waals surface area contributed by atoms with Gasteiger partial charge in [0.05, 0.1) is 4.90 Å². The zero-order valence-corrected chi connectivity index (χ0v) is 12.7. The molecule has 7 heteroatoms. The van der Waals surface area contributed by atoms with Gasteiger partial charge in [-0.1, -0.05) is 18.2 Å². The van der Waals surface area contributed by atoms with Crippen LogP contribution in [0.15, 0.2) is 53.4 Å². The number of amides is 1. The van der Waals surface area contributed by atoms with Crippen molar-refractivity contribution in [2.45, 2.75) is 18.4 Å². The summed E-state index contributed by atoms with van der Waals surface area (Å²) in [6.07, 6.45) is 0. The molecule has 0 aliphatic carbocycles. The molecule has 0 bridgehead atoms. The number of nitrogens with one attached hydrogen (secondary N) is 2. The number of sulfonamides is 1. The molecule has 2 rings (SSSR count). The van der Waals surface area contributed by atoms with Crippen molar-refractivity contribution in [1.82, 2.24) is 4.72 Å². The predicted molar refractivity (Wildman–Crippen MR) is 82.9 cm³/mol. The lowest BCUT2D eigenvalue weighted by Crippen LogP contribution is -2.28. The van der Waals surface area contributed by atoms with Crippen LogP contribution in [-0.2, 0) is 21.4 Å². The minimum atomic E-state index is -3.82. The molecule has 116 valence electrons. The standard InChI is InChI=1S/C15H16N2O4S/c1-11(18)17-22(20,21)14-8-6-13(7-9-14)16-10-12-4-2-3-5-15(12)19/h2-9,16,19H,10H2,1H3,(H,17,18). The van der Waals surface area contributed by atoms with E-state index < -0.39 is 15.9 Å². The van der Waals surface area contributed by atoms with Gasteiger partial charge >= 0.3 is 0 Å². The zero-order valence-electron chi connectivity index (χ0n) is 11.9. The molecular formula is C15H16N2O4S. The van der Waals surface area contributed by atoms with Crippen LogP contribution in [0.3, 0.4) is 0 Å². The molecular weight excluding hydrogens is 304 g/mol. The molecule has 0 aliphatic rings. The van der Waals surface area contributed by atoms with Crippen molar-refractivity contribution in [2.75, 3.05) is 5.32 Å². The highest BCUT2D eigenvalue weighted by Gasteiger charge is 2.14. The summed E-state index contributed by atoms with van der Waals surface area (Å²) < 4.78 is 25.5. The number of anilines is 1. The Kier molecular flexibility index (Phi) is 4.67.